The molecule has 1 amide bonds. The molecule has 0 bridgehead atoms. The summed E-state index contributed by atoms with van der Waals surface area (Å²) in [4.78, 5) is 22.3. The molecule has 6 nitrogen and oxygen atoms in total. The van der Waals surface area contributed by atoms with E-state index in [1.54, 1.807) is 6.20 Å². The Balaban J connectivity index is 1.97. The molecular weight excluding hydrogens is 358 g/mol. The highest BCUT2D eigenvalue weighted by molar-refractivity contribution is 9.10. The lowest BCUT2D eigenvalue weighted by Crippen LogP contribution is -2.31. The third-order valence-electron chi connectivity index (χ3n) is 3.12. The predicted octanol–water partition coefficient (Wildman–Crippen LogP) is 2.58. The molecule has 7 heteroatoms. The fraction of sp³-hybridized carbons (Fsp3) is 0.312. The molecule has 0 saturated carbocycles. The van der Waals surface area contributed by atoms with Gasteiger partial charge in [-0.25, -0.2) is 9.97 Å². The van der Waals surface area contributed by atoms with Gasteiger partial charge in [-0.05, 0) is 54.6 Å². The number of aromatic nitrogens is 2. The average Bonchev–Trinajstić information content (AvgIpc) is 2.50. The van der Waals surface area contributed by atoms with E-state index in [0.717, 1.165) is 16.7 Å². The normalized spacial score (nSPS) is 10.7. The zero-order chi connectivity index (χ0) is 16.8. The summed E-state index contributed by atoms with van der Waals surface area (Å²) in [7, 11) is 3.91. The van der Waals surface area contributed by atoms with Gasteiger partial charge >= 0.3 is 0 Å². The topological polar surface area (TPSA) is 70.2 Å². The van der Waals surface area contributed by atoms with E-state index in [4.69, 9.17) is 0 Å². The number of carbonyl (C=O) groups is 1. The van der Waals surface area contributed by atoms with Gasteiger partial charge in [0.1, 0.15) is 11.5 Å². The molecular formula is C16H20BrN5O. The first-order valence-corrected chi connectivity index (χ1v) is 8.03. The molecule has 1 aromatic carbocycles. The molecule has 0 radical (unpaired) electrons. The summed E-state index contributed by atoms with van der Waals surface area (Å²) in [5.41, 5.74) is 2.36. The smallest absolute Gasteiger partial charge is 0.271 e. The first-order chi connectivity index (χ1) is 11.0. The number of nitrogens with zero attached hydrogens (tertiary/aromatic N) is 3. The van der Waals surface area contributed by atoms with Gasteiger partial charge in [-0.15, -0.1) is 0 Å². The molecule has 0 saturated heterocycles. The molecule has 0 aliphatic heterocycles. The Kier molecular flexibility index (Phi) is 6.06. The largest absolute Gasteiger partial charge is 0.349 e. The number of hydrogen-bond acceptors (Lipinski definition) is 5. The summed E-state index contributed by atoms with van der Waals surface area (Å²) < 4.78 is 0.949. The Bertz CT molecular complexity index is 673. The number of amides is 1. The van der Waals surface area contributed by atoms with E-state index in [2.05, 4.69) is 36.5 Å². The average molecular weight is 378 g/mol. The van der Waals surface area contributed by atoms with Crippen LogP contribution in [0.4, 0.5) is 11.5 Å². The second kappa shape index (κ2) is 8.03. The van der Waals surface area contributed by atoms with E-state index in [-0.39, 0.29) is 5.91 Å². The number of carbonyl (C=O) groups excluding carboxylic acids is 1. The zero-order valence-corrected chi connectivity index (χ0v) is 15.0. The van der Waals surface area contributed by atoms with E-state index in [0.29, 0.717) is 18.1 Å². The van der Waals surface area contributed by atoms with Crippen LogP contribution in [0.25, 0.3) is 0 Å². The van der Waals surface area contributed by atoms with Crippen molar-refractivity contribution in [2.45, 2.75) is 6.92 Å². The molecule has 0 aliphatic carbocycles. The second-order valence-electron chi connectivity index (χ2n) is 5.45. The number of hydrogen-bond donors (Lipinski definition) is 2. The van der Waals surface area contributed by atoms with Crippen molar-refractivity contribution >= 4 is 33.3 Å². The van der Waals surface area contributed by atoms with E-state index in [9.17, 15) is 4.79 Å². The molecule has 0 spiro atoms. The molecule has 2 N–H and O–H groups in total. The molecule has 23 heavy (non-hydrogen) atoms. The minimum absolute atomic E-state index is 0.220. The van der Waals surface area contributed by atoms with Gasteiger partial charge < -0.3 is 15.5 Å². The summed E-state index contributed by atoms with van der Waals surface area (Å²) >= 11 is 3.50. The maximum Gasteiger partial charge on any atom is 0.271 e. The van der Waals surface area contributed by atoms with Crippen molar-refractivity contribution in [2.75, 3.05) is 32.5 Å². The van der Waals surface area contributed by atoms with Gasteiger partial charge in [-0.2, -0.15) is 0 Å². The first kappa shape index (κ1) is 17.4. The maximum absolute atomic E-state index is 11.9. The van der Waals surface area contributed by atoms with Gasteiger partial charge in [-0.1, -0.05) is 6.07 Å². The van der Waals surface area contributed by atoms with Crippen molar-refractivity contribution in [1.82, 2.24) is 20.2 Å². The predicted molar refractivity (Wildman–Crippen MR) is 95.1 cm³/mol. The van der Waals surface area contributed by atoms with Gasteiger partial charge in [0.15, 0.2) is 0 Å². The molecule has 0 unspecified atom stereocenters. The van der Waals surface area contributed by atoms with Crippen molar-refractivity contribution in [2.24, 2.45) is 0 Å². The number of nitrogens with one attached hydrogen (secondary N) is 2. The van der Waals surface area contributed by atoms with Crippen LogP contribution in [0.3, 0.4) is 0 Å². The van der Waals surface area contributed by atoms with Crippen molar-refractivity contribution in [3.63, 3.8) is 0 Å². The Morgan fingerprint density at radius 1 is 1.26 bits per heavy atom. The minimum Gasteiger partial charge on any atom is -0.349 e. The highest BCUT2D eigenvalue weighted by Crippen LogP contribution is 2.25. The van der Waals surface area contributed by atoms with Gasteiger partial charge in [0.05, 0.1) is 18.1 Å². The summed E-state index contributed by atoms with van der Waals surface area (Å²) in [6.07, 6.45) is 3.02. The Hall–Kier alpha value is -1.99. The first-order valence-electron chi connectivity index (χ1n) is 7.24. The van der Waals surface area contributed by atoms with Crippen LogP contribution in [-0.4, -0.2) is 48.0 Å². The monoisotopic (exact) mass is 377 g/mol. The lowest BCUT2D eigenvalue weighted by atomic mass is 10.2. The van der Waals surface area contributed by atoms with Crippen molar-refractivity contribution in [1.29, 1.82) is 0 Å². The molecule has 1 heterocycles. The third-order valence-corrected chi connectivity index (χ3v) is 3.77. The molecule has 2 rings (SSSR count). The van der Waals surface area contributed by atoms with Gasteiger partial charge in [-0.3, -0.25) is 4.79 Å². The summed E-state index contributed by atoms with van der Waals surface area (Å²) in [6.45, 7) is 3.38. The number of rotatable bonds is 6. The lowest BCUT2D eigenvalue weighted by molar-refractivity contribution is 0.0945. The number of halogens is 1. The third kappa shape index (κ3) is 5.30. The standard InChI is InChI=1S/C16H20BrN5O/c1-11-4-5-13(12(17)8-11)21-15-10-19-14(9-20-15)16(23)18-6-7-22(2)3/h4-5,8-10H,6-7H2,1-3H3,(H,18,23)(H,20,21). The van der Waals surface area contributed by atoms with Crippen molar-refractivity contribution in [3.05, 3.63) is 46.3 Å². The van der Waals surface area contributed by atoms with Gasteiger partial charge in [0.25, 0.3) is 5.91 Å². The van der Waals surface area contributed by atoms with Crippen molar-refractivity contribution < 1.29 is 4.79 Å². The van der Waals surface area contributed by atoms with Crippen LogP contribution in [0, 0.1) is 6.92 Å². The van der Waals surface area contributed by atoms with Gasteiger partial charge in [0.2, 0.25) is 0 Å². The Morgan fingerprint density at radius 3 is 2.65 bits per heavy atom. The summed E-state index contributed by atoms with van der Waals surface area (Å²) in [5.74, 6) is 0.363. The summed E-state index contributed by atoms with van der Waals surface area (Å²) in [6, 6.07) is 5.98. The Labute approximate surface area is 144 Å². The molecule has 2 aromatic rings. The van der Waals surface area contributed by atoms with Crippen LogP contribution in [0.1, 0.15) is 16.1 Å². The molecule has 0 atom stereocenters. The maximum atomic E-state index is 11.9. The van der Waals surface area contributed by atoms with E-state index in [1.807, 2.05) is 44.1 Å². The molecule has 1 aromatic heterocycles. The SMILES string of the molecule is Cc1ccc(Nc2cnc(C(=O)NCCN(C)C)cn2)c(Br)c1. The zero-order valence-electron chi connectivity index (χ0n) is 13.4. The molecule has 122 valence electrons. The fourth-order valence-electron chi connectivity index (χ4n) is 1.85. The minimum atomic E-state index is -0.220. The van der Waals surface area contributed by atoms with Crippen LogP contribution in [0.2, 0.25) is 0 Å². The number of benzene rings is 1. The van der Waals surface area contributed by atoms with Crippen LogP contribution in [0.15, 0.2) is 35.1 Å². The van der Waals surface area contributed by atoms with Crippen LogP contribution >= 0.6 is 15.9 Å². The molecule has 0 aliphatic rings. The summed E-state index contributed by atoms with van der Waals surface area (Å²) in [5, 5.41) is 5.97. The Morgan fingerprint density at radius 2 is 2.04 bits per heavy atom. The van der Waals surface area contributed by atoms with Crippen LogP contribution in [0.5, 0.6) is 0 Å². The highest BCUT2D eigenvalue weighted by atomic mass is 79.9. The van der Waals surface area contributed by atoms with E-state index in [1.165, 1.54) is 11.8 Å². The number of aryl methyl sites for hydroxylation is 1. The van der Waals surface area contributed by atoms with Crippen molar-refractivity contribution in [3.8, 4) is 0 Å². The molecule has 0 fully saturated rings. The highest BCUT2D eigenvalue weighted by Gasteiger charge is 2.08. The van der Waals surface area contributed by atoms with Crippen LogP contribution < -0.4 is 10.6 Å². The number of likely N-dealkylation sites (N-methyl/N-ethyl adjacent to an activating group) is 1. The van der Waals surface area contributed by atoms with Gasteiger partial charge in [0, 0.05) is 17.6 Å². The van der Waals surface area contributed by atoms with E-state index >= 15 is 0 Å². The lowest BCUT2D eigenvalue weighted by Gasteiger charge is -2.10. The van der Waals surface area contributed by atoms with E-state index < -0.39 is 0 Å². The second-order valence-corrected chi connectivity index (χ2v) is 6.31. The van der Waals surface area contributed by atoms with Crippen LogP contribution in [-0.2, 0) is 0 Å². The fourth-order valence-corrected chi connectivity index (χ4v) is 2.45. The quantitative estimate of drug-likeness (QED) is 0.809. The number of anilines is 2.